The van der Waals surface area contributed by atoms with Gasteiger partial charge in [-0.2, -0.15) is 5.10 Å². The standard InChI is InChI=1S/C15H15N3O5/c1-22-11-5-2-4-10(14(11)20)8-17-18-13(19)9-16-15(21)12-6-3-7-23-12/h2-8,20H,9H2,1H3,(H,16,21)(H,18,19)/b17-8-. The molecule has 1 aromatic heterocycles. The van der Waals surface area contributed by atoms with Gasteiger partial charge in [0.15, 0.2) is 17.3 Å². The Kier molecular flexibility index (Phi) is 5.35. The predicted molar refractivity (Wildman–Crippen MR) is 81.4 cm³/mol. The minimum Gasteiger partial charge on any atom is -0.504 e. The SMILES string of the molecule is COc1cccc(/C=N\NC(=O)CNC(=O)c2ccco2)c1O. The van der Waals surface area contributed by atoms with Crippen molar-refractivity contribution in [1.29, 1.82) is 0 Å². The summed E-state index contributed by atoms with van der Waals surface area (Å²) in [5, 5.41) is 15.9. The number of methoxy groups -OCH3 is 1. The third-order valence-electron chi connectivity index (χ3n) is 2.80. The smallest absolute Gasteiger partial charge is 0.287 e. The van der Waals surface area contributed by atoms with Crippen LogP contribution >= 0.6 is 0 Å². The zero-order valence-electron chi connectivity index (χ0n) is 12.3. The molecule has 8 heteroatoms. The van der Waals surface area contributed by atoms with Gasteiger partial charge in [0.1, 0.15) is 0 Å². The summed E-state index contributed by atoms with van der Waals surface area (Å²) in [4.78, 5) is 23.1. The van der Waals surface area contributed by atoms with Gasteiger partial charge in [-0.05, 0) is 24.3 Å². The molecule has 23 heavy (non-hydrogen) atoms. The molecule has 1 heterocycles. The molecule has 2 rings (SSSR count). The Labute approximate surface area is 131 Å². The number of hydrazone groups is 1. The largest absolute Gasteiger partial charge is 0.504 e. The van der Waals surface area contributed by atoms with Gasteiger partial charge >= 0.3 is 0 Å². The lowest BCUT2D eigenvalue weighted by Gasteiger charge is -2.05. The second-order valence-electron chi connectivity index (χ2n) is 4.35. The highest BCUT2D eigenvalue weighted by atomic mass is 16.5. The maximum Gasteiger partial charge on any atom is 0.287 e. The first-order chi connectivity index (χ1) is 11.1. The fourth-order valence-electron chi connectivity index (χ4n) is 1.68. The first kappa shape index (κ1) is 16.1. The third-order valence-corrected chi connectivity index (χ3v) is 2.80. The normalized spacial score (nSPS) is 10.5. The van der Waals surface area contributed by atoms with Crippen molar-refractivity contribution in [2.75, 3.05) is 13.7 Å². The summed E-state index contributed by atoms with van der Waals surface area (Å²) in [6.45, 7) is -0.263. The van der Waals surface area contributed by atoms with Crippen molar-refractivity contribution in [3.8, 4) is 11.5 Å². The van der Waals surface area contributed by atoms with Crippen molar-refractivity contribution >= 4 is 18.0 Å². The average Bonchev–Trinajstić information content (AvgIpc) is 3.09. The Morgan fingerprint density at radius 2 is 2.17 bits per heavy atom. The summed E-state index contributed by atoms with van der Waals surface area (Å²) in [7, 11) is 1.43. The molecule has 0 aliphatic carbocycles. The molecule has 120 valence electrons. The fourth-order valence-corrected chi connectivity index (χ4v) is 1.68. The third kappa shape index (κ3) is 4.34. The van der Waals surface area contributed by atoms with E-state index in [-0.39, 0.29) is 18.1 Å². The van der Waals surface area contributed by atoms with Gasteiger partial charge in [0.2, 0.25) is 0 Å². The Bertz CT molecular complexity index is 710. The van der Waals surface area contributed by atoms with Gasteiger partial charge in [-0.15, -0.1) is 0 Å². The number of amides is 2. The summed E-state index contributed by atoms with van der Waals surface area (Å²) in [6, 6.07) is 7.92. The van der Waals surface area contributed by atoms with E-state index in [0.29, 0.717) is 11.3 Å². The molecule has 0 spiro atoms. The van der Waals surface area contributed by atoms with Crippen molar-refractivity contribution in [3.63, 3.8) is 0 Å². The molecule has 0 bridgehead atoms. The number of hydrogen-bond donors (Lipinski definition) is 3. The van der Waals surface area contributed by atoms with E-state index in [2.05, 4.69) is 15.8 Å². The van der Waals surface area contributed by atoms with Crippen molar-refractivity contribution < 1.29 is 23.8 Å². The quantitative estimate of drug-likeness (QED) is 0.540. The summed E-state index contributed by atoms with van der Waals surface area (Å²) < 4.78 is 9.85. The van der Waals surface area contributed by atoms with Gasteiger partial charge in [0.25, 0.3) is 11.8 Å². The Hall–Kier alpha value is -3.29. The van der Waals surface area contributed by atoms with Crippen LogP contribution < -0.4 is 15.5 Å². The zero-order chi connectivity index (χ0) is 16.7. The lowest BCUT2D eigenvalue weighted by Crippen LogP contribution is -2.34. The van der Waals surface area contributed by atoms with E-state index in [4.69, 9.17) is 9.15 Å². The maximum absolute atomic E-state index is 11.6. The van der Waals surface area contributed by atoms with Gasteiger partial charge in [0.05, 0.1) is 26.1 Å². The molecular weight excluding hydrogens is 302 g/mol. The molecule has 0 aliphatic rings. The van der Waals surface area contributed by atoms with Gasteiger partial charge in [0, 0.05) is 5.56 Å². The molecule has 1 aromatic carbocycles. The second kappa shape index (κ2) is 7.64. The molecule has 8 nitrogen and oxygen atoms in total. The first-order valence-electron chi connectivity index (χ1n) is 6.61. The molecule has 2 amide bonds. The number of aromatic hydroxyl groups is 1. The minimum atomic E-state index is -0.524. The van der Waals surface area contributed by atoms with Crippen LogP contribution in [0.1, 0.15) is 16.1 Å². The van der Waals surface area contributed by atoms with E-state index in [1.54, 1.807) is 24.3 Å². The number of nitrogens with zero attached hydrogens (tertiary/aromatic N) is 1. The molecular formula is C15H15N3O5. The molecule has 0 radical (unpaired) electrons. The number of benzene rings is 1. The predicted octanol–water partition coefficient (Wildman–Crippen LogP) is 0.874. The van der Waals surface area contributed by atoms with Gasteiger partial charge in [-0.3, -0.25) is 9.59 Å². The van der Waals surface area contributed by atoms with Crippen molar-refractivity contribution in [3.05, 3.63) is 47.9 Å². The van der Waals surface area contributed by atoms with Crippen LogP contribution in [-0.4, -0.2) is 36.8 Å². The highest BCUT2D eigenvalue weighted by Gasteiger charge is 2.09. The number of rotatable bonds is 6. The Morgan fingerprint density at radius 1 is 1.35 bits per heavy atom. The second-order valence-corrected chi connectivity index (χ2v) is 4.35. The molecule has 0 saturated carbocycles. The van der Waals surface area contributed by atoms with Crippen molar-refractivity contribution in [1.82, 2.24) is 10.7 Å². The molecule has 2 aromatic rings. The summed E-state index contributed by atoms with van der Waals surface area (Å²) in [5.74, 6) is -0.698. The molecule has 3 N–H and O–H groups in total. The number of phenolic OH excluding ortho intramolecular Hbond substituents is 1. The van der Waals surface area contributed by atoms with Gasteiger partial charge in [-0.1, -0.05) is 6.07 Å². The summed E-state index contributed by atoms with van der Waals surface area (Å²) >= 11 is 0. The molecule has 0 aliphatic heterocycles. The minimum absolute atomic E-state index is 0.0841. The van der Waals surface area contributed by atoms with Crippen LogP contribution in [0.5, 0.6) is 11.5 Å². The van der Waals surface area contributed by atoms with E-state index < -0.39 is 11.8 Å². The Morgan fingerprint density at radius 3 is 2.87 bits per heavy atom. The summed E-state index contributed by atoms with van der Waals surface area (Å²) in [5.41, 5.74) is 2.61. The van der Waals surface area contributed by atoms with E-state index in [1.807, 2.05) is 0 Å². The van der Waals surface area contributed by atoms with Crippen molar-refractivity contribution in [2.24, 2.45) is 5.10 Å². The number of carbonyl (C=O) groups excluding carboxylic acids is 2. The number of nitrogens with one attached hydrogen (secondary N) is 2. The Balaban J connectivity index is 1.83. The molecule has 0 unspecified atom stereocenters. The maximum atomic E-state index is 11.6. The average molecular weight is 317 g/mol. The van der Waals surface area contributed by atoms with Crippen molar-refractivity contribution in [2.45, 2.75) is 0 Å². The van der Waals surface area contributed by atoms with Gasteiger partial charge < -0.3 is 19.6 Å². The fraction of sp³-hybridized carbons (Fsp3) is 0.133. The number of carbonyl (C=O) groups is 2. The van der Waals surface area contributed by atoms with Gasteiger partial charge in [-0.25, -0.2) is 5.43 Å². The van der Waals surface area contributed by atoms with Crippen LogP contribution in [0, 0.1) is 0 Å². The number of para-hydroxylation sites is 1. The molecule has 0 fully saturated rings. The highest BCUT2D eigenvalue weighted by molar-refractivity contribution is 5.94. The van der Waals surface area contributed by atoms with Crippen LogP contribution in [0.4, 0.5) is 0 Å². The van der Waals surface area contributed by atoms with Crippen LogP contribution in [0.3, 0.4) is 0 Å². The number of furan rings is 1. The number of phenols is 1. The van der Waals surface area contributed by atoms with E-state index in [0.717, 1.165) is 0 Å². The molecule has 0 saturated heterocycles. The topological polar surface area (TPSA) is 113 Å². The first-order valence-corrected chi connectivity index (χ1v) is 6.61. The van der Waals surface area contributed by atoms with Crippen LogP contribution in [0.25, 0.3) is 0 Å². The van der Waals surface area contributed by atoms with E-state index in [1.165, 1.54) is 25.7 Å². The number of ether oxygens (including phenoxy) is 1. The van der Waals surface area contributed by atoms with Crippen LogP contribution in [0.15, 0.2) is 46.1 Å². The summed E-state index contributed by atoms with van der Waals surface area (Å²) in [6.07, 6.45) is 2.63. The van der Waals surface area contributed by atoms with E-state index >= 15 is 0 Å². The van der Waals surface area contributed by atoms with Crippen LogP contribution in [0.2, 0.25) is 0 Å². The lowest BCUT2D eigenvalue weighted by molar-refractivity contribution is -0.120. The lowest BCUT2D eigenvalue weighted by atomic mass is 10.2. The molecule has 0 atom stereocenters. The zero-order valence-corrected chi connectivity index (χ0v) is 12.3. The van der Waals surface area contributed by atoms with Crippen LogP contribution in [-0.2, 0) is 4.79 Å². The number of hydrogen-bond acceptors (Lipinski definition) is 6. The highest BCUT2D eigenvalue weighted by Crippen LogP contribution is 2.27. The monoisotopic (exact) mass is 317 g/mol. The van der Waals surface area contributed by atoms with E-state index in [9.17, 15) is 14.7 Å².